The summed E-state index contributed by atoms with van der Waals surface area (Å²) in [5.74, 6) is -0.838. The molecular weight excluding hydrogens is 276 g/mol. The molecule has 2 rings (SSSR count). The van der Waals surface area contributed by atoms with Crippen LogP contribution in [0.5, 0.6) is 5.75 Å². The smallest absolute Gasteiger partial charge is 0.333 e. The third kappa shape index (κ3) is 2.51. The lowest BCUT2D eigenvalue weighted by molar-refractivity contribution is -0.385. The van der Waals surface area contributed by atoms with Gasteiger partial charge >= 0.3 is 11.7 Å². The lowest BCUT2D eigenvalue weighted by Crippen LogP contribution is -2.55. The maximum Gasteiger partial charge on any atom is 0.333 e. The first-order chi connectivity index (χ1) is 9.91. The van der Waals surface area contributed by atoms with E-state index in [4.69, 9.17) is 4.74 Å². The number of carboxylic acid groups (broad SMARTS) is 1. The first-order valence-corrected chi connectivity index (χ1v) is 6.74. The summed E-state index contributed by atoms with van der Waals surface area (Å²) in [6.45, 7) is 2.08. The lowest BCUT2D eigenvalue weighted by atomic mass is 9.87. The van der Waals surface area contributed by atoms with Gasteiger partial charge in [0, 0.05) is 6.54 Å². The van der Waals surface area contributed by atoms with Gasteiger partial charge in [0.2, 0.25) is 0 Å². The molecule has 1 N–H and O–H groups in total. The van der Waals surface area contributed by atoms with Crippen molar-refractivity contribution in [3.05, 3.63) is 28.3 Å². The number of piperidine rings is 1. The molecule has 1 heterocycles. The van der Waals surface area contributed by atoms with Crippen molar-refractivity contribution >= 4 is 17.3 Å². The van der Waals surface area contributed by atoms with Crippen molar-refractivity contribution in [1.82, 2.24) is 0 Å². The number of hydrogen-bond acceptors (Lipinski definition) is 5. The highest BCUT2D eigenvalue weighted by Gasteiger charge is 2.44. The zero-order valence-electron chi connectivity index (χ0n) is 12.0. The fourth-order valence-corrected chi connectivity index (χ4v) is 2.81. The van der Waals surface area contributed by atoms with Gasteiger partial charge in [-0.15, -0.1) is 0 Å². The third-order valence-corrected chi connectivity index (χ3v) is 4.02. The number of ether oxygens (including phenoxy) is 1. The van der Waals surface area contributed by atoms with Crippen molar-refractivity contribution in [2.24, 2.45) is 0 Å². The molecule has 1 saturated heterocycles. The molecule has 1 unspecified atom stereocenters. The summed E-state index contributed by atoms with van der Waals surface area (Å²) in [5.41, 5.74) is -1.03. The number of aliphatic carboxylic acids is 1. The van der Waals surface area contributed by atoms with Crippen molar-refractivity contribution in [3.8, 4) is 5.75 Å². The van der Waals surface area contributed by atoms with Crippen LogP contribution in [-0.4, -0.2) is 35.2 Å². The molecule has 1 aliphatic heterocycles. The van der Waals surface area contributed by atoms with Crippen molar-refractivity contribution in [2.45, 2.75) is 31.7 Å². The van der Waals surface area contributed by atoms with E-state index in [-0.39, 0.29) is 11.4 Å². The summed E-state index contributed by atoms with van der Waals surface area (Å²) in [6.07, 6.45) is 2.05. The van der Waals surface area contributed by atoms with E-state index in [2.05, 4.69) is 0 Å². The zero-order chi connectivity index (χ0) is 15.6. The summed E-state index contributed by atoms with van der Waals surface area (Å²) < 4.78 is 5.05. The molecule has 7 nitrogen and oxygen atoms in total. The van der Waals surface area contributed by atoms with Gasteiger partial charge in [0.05, 0.1) is 12.0 Å². The molecule has 114 valence electrons. The van der Waals surface area contributed by atoms with E-state index in [0.717, 1.165) is 12.8 Å². The number of hydrogen-bond donors (Lipinski definition) is 1. The van der Waals surface area contributed by atoms with Crippen LogP contribution in [0.2, 0.25) is 0 Å². The molecule has 0 radical (unpaired) electrons. The summed E-state index contributed by atoms with van der Waals surface area (Å²) in [7, 11) is 1.36. The molecule has 21 heavy (non-hydrogen) atoms. The number of rotatable bonds is 4. The Morgan fingerprint density at radius 2 is 2.19 bits per heavy atom. The number of anilines is 1. The monoisotopic (exact) mass is 294 g/mol. The van der Waals surface area contributed by atoms with Crippen LogP contribution < -0.4 is 9.64 Å². The van der Waals surface area contributed by atoms with Gasteiger partial charge in [0.15, 0.2) is 5.75 Å². The third-order valence-electron chi connectivity index (χ3n) is 4.02. The molecule has 1 atom stereocenters. The van der Waals surface area contributed by atoms with Crippen LogP contribution in [0, 0.1) is 10.1 Å². The zero-order valence-corrected chi connectivity index (χ0v) is 12.0. The number of para-hydroxylation sites is 1. The summed E-state index contributed by atoms with van der Waals surface area (Å²) in [4.78, 5) is 24.1. The van der Waals surface area contributed by atoms with Crippen LogP contribution >= 0.6 is 0 Å². The molecule has 1 fully saturated rings. The predicted molar refractivity (Wildman–Crippen MR) is 76.9 cm³/mol. The van der Waals surface area contributed by atoms with Crippen LogP contribution in [-0.2, 0) is 4.79 Å². The van der Waals surface area contributed by atoms with Crippen molar-refractivity contribution in [3.63, 3.8) is 0 Å². The van der Waals surface area contributed by atoms with Crippen molar-refractivity contribution in [2.75, 3.05) is 18.6 Å². The van der Waals surface area contributed by atoms with Gasteiger partial charge in [-0.25, -0.2) is 4.79 Å². The van der Waals surface area contributed by atoms with E-state index >= 15 is 0 Å². The van der Waals surface area contributed by atoms with Gasteiger partial charge in [-0.05, 0) is 38.3 Å². The Morgan fingerprint density at radius 1 is 1.48 bits per heavy atom. The van der Waals surface area contributed by atoms with Gasteiger partial charge in [-0.1, -0.05) is 6.07 Å². The second-order valence-electron chi connectivity index (χ2n) is 5.27. The quantitative estimate of drug-likeness (QED) is 0.677. The molecule has 7 heteroatoms. The van der Waals surface area contributed by atoms with Gasteiger partial charge in [0.1, 0.15) is 11.2 Å². The minimum atomic E-state index is -1.14. The van der Waals surface area contributed by atoms with Crippen LogP contribution in [0.25, 0.3) is 0 Å². The highest BCUT2D eigenvalue weighted by Crippen LogP contribution is 2.42. The van der Waals surface area contributed by atoms with E-state index in [1.54, 1.807) is 24.0 Å². The average molecular weight is 294 g/mol. The number of carbonyl (C=O) groups is 1. The Morgan fingerprint density at radius 3 is 2.76 bits per heavy atom. The number of nitro benzene ring substituents is 1. The van der Waals surface area contributed by atoms with E-state index < -0.39 is 16.4 Å². The Labute approximate surface area is 122 Å². The molecule has 0 saturated carbocycles. The first kappa shape index (κ1) is 15.1. The predicted octanol–water partition coefficient (Wildman–Crippen LogP) is 2.44. The maximum atomic E-state index is 11.7. The number of benzene rings is 1. The number of methoxy groups -OCH3 is 1. The molecule has 0 aromatic heterocycles. The highest BCUT2D eigenvalue weighted by atomic mass is 16.6. The molecule has 0 bridgehead atoms. The Balaban J connectivity index is 2.59. The summed E-state index contributed by atoms with van der Waals surface area (Å²) in [6, 6.07) is 4.72. The number of nitro groups is 1. The van der Waals surface area contributed by atoms with E-state index in [1.807, 2.05) is 0 Å². The Hall–Kier alpha value is -2.31. The minimum Gasteiger partial charge on any atom is -0.490 e. The maximum absolute atomic E-state index is 11.7. The molecule has 0 aliphatic carbocycles. The average Bonchev–Trinajstić information content (AvgIpc) is 2.46. The largest absolute Gasteiger partial charge is 0.490 e. The number of nitrogens with zero attached hydrogens (tertiary/aromatic N) is 2. The van der Waals surface area contributed by atoms with Gasteiger partial charge < -0.3 is 14.7 Å². The molecule has 1 aliphatic rings. The normalized spacial score (nSPS) is 21.9. The van der Waals surface area contributed by atoms with Gasteiger partial charge in [-0.3, -0.25) is 10.1 Å². The molecule has 0 spiro atoms. The van der Waals surface area contributed by atoms with Crippen molar-refractivity contribution < 1.29 is 19.6 Å². The molecule has 0 amide bonds. The number of carboxylic acids is 1. The summed E-state index contributed by atoms with van der Waals surface area (Å²) in [5, 5.41) is 20.9. The first-order valence-electron chi connectivity index (χ1n) is 6.74. The fraction of sp³-hybridized carbons (Fsp3) is 0.500. The second-order valence-corrected chi connectivity index (χ2v) is 5.27. The molecule has 1 aromatic rings. The Kier molecular flexibility index (Phi) is 4.02. The van der Waals surface area contributed by atoms with Crippen LogP contribution in [0.4, 0.5) is 11.4 Å². The van der Waals surface area contributed by atoms with Crippen LogP contribution in [0.3, 0.4) is 0 Å². The minimum absolute atomic E-state index is 0.135. The van der Waals surface area contributed by atoms with E-state index in [9.17, 15) is 20.0 Å². The topological polar surface area (TPSA) is 92.9 Å². The SMILES string of the molecule is COc1cccc(N2CCCCC2(C)C(=O)O)c1[N+](=O)[O-]. The molecular formula is C14H18N2O5. The standard InChI is InChI=1S/C14H18N2O5/c1-14(13(17)18)8-3-4-9-15(14)10-6-5-7-11(21-2)12(10)16(19)20/h5-7H,3-4,8-9H2,1-2H3,(H,17,18). The van der Waals surface area contributed by atoms with Crippen LogP contribution in [0.15, 0.2) is 18.2 Å². The van der Waals surface area contributed by atoms with Gasteiger partial charge in [0.25, 0.3) is 0 Å². The van der Waals surface area contributed by atoms with Gasteiger partial charge in [-0.2, -0.15) is 0 Å². The second kappa shape index (κ2) is 5.59. The Bertz CT molecular complexity index is 574. The van der Waals surface area contributed by atoms with E-state index in [1.165, 1.54) is 13.2 Å². The van der Waals surface area contributed by atoms with Crippen molar-refractivity contribution in [1.29, 1.82) is 0 Å². The summed E-state index contributed by atoms with van der Waals surface area (Å²) >= 11 is 0. The highest BCUT2D eigenvalue weighted by molar-refractivity contribution is 5.85. The molecule has 1 aromatic carbocycles. The lowest BCUT2D eigenvalue weighted by Gasteiger charge is -2.42. The van der Waals surface area contributed by atoms with E-state index in [0.29, 0.717) is 18.7 Å². The van der Waals surface area contributed by atoms with Crippen LogP contribution in [0.1, 0.15) is 26.2 Å². The fourth-order valence-electron chi connectivity index (χ4n) is 2.81.